The van der Waals surface area contributed by atoms with Gasteiger partial charge in [-0.3, -0.25) is 4.99 Å². The van der Waals surface area contributed by atoms with Gasteiger partial charge in [0.05, 0.1) is 11.4 Å². The third-order valence-electron chi connectivity index (χ3n) is 1.13. The van der Waals surface area contributed by atoms with E-state index in [0.29, 0.717) is 11.4 Å². The first-order valence-electron chi connectivity index (χ1n) is 3.38. The average molecular weight is 153 g/mol. The fourth-order valence-corrected chi connectivity index (χ4v) is 0.628. The smallest absolute Gasteiger partial charge is 0.0757 e. The van der Waals surface area contributed by atoms with Gasteiger partial charge in [-0.25, -0.2) is 0 Å². The van der Waals surface area contributed by atoms with Crippen molar-refractivity contribution in [3.8, 4) is 0 Å². The zero-order valence-electron chi connectivity index (χ0n) is 7.31. The molecule has 0 aliphatic rings. The van der Waals surface area contributed by atoms with Crippen LogP contribution < -0.4 is 11.5 Å². The molecular formula is C8H15N3. The molecule has 0 unspecified atom stereocenters. The van der Waals surface area contributed by atoms with E-state index in [9.17, 15) is 0 Å². The minimum atomic E-state index is 0.368. The molecule has 0 saturated heterocycles. The Bertz CT molecular complexity index is 219. The lowest BCUT2D eigenvalue weighted by molar-refractivity contribution is 1.14. The van der Waals surface area contributed by atoms with Crippen LogP contribution in [0, 0.1) is 0 Å². The molecule has 0 aromatic rings. The van der Waals surface area contributed by atoms with E-state index in [2.05, 4.69) is 11.6 Å². The van der Waals surface area contributed by atoms with E-state index in [0.717, 1.165) is 11.4 Å². The summed E-state index contributed by atoms with van der Waals surface area (Å²) in [5.41, 5.74) is 13.4. The Morgan fingerprint density at radius 3 is 1.91 bits per heavy atom. The Kier molecular flexibility index (Phi) is 3.37. The highest BCUT2D eigenvalue weighted by atomic mass is 14.8. The van der Waals surface area contributed by atoms with Crippen LogP contribution >= 0.6 is 0 Å². The monoisotopic (exact) mass is 153 g/mol. The molecule has 0 amide bonds. The maximum Gasteiger partial charge on any atom is 0.0757 e. The molecule has 0 radical (unpaired) electrons. The van der Waals surface area contributed by atoms with Gasteiger partial charge < -0.3 is 11.5 Å². The van der Waals surface area contributed by atoms with E-state index in [1.54, 1.807) is 6.92 Å². The first-order valence-corrected chi connectivity index (χ1v) is 3.38. The highest BCUT2D eigenvalue weighted by molar-refractivity contribution is 5.80. The van der Waals surface area contributed by atoms with Crippen LogP contribution in [-0.2, 0) is 0 Å². The van der Waals surface area contributed by atoms with Gasteiger partial charge in [-0.15, -0.1) is 0 Å². The van der Waals surface area contributed by atoms with Crippen molar-refractivity contribution in [2.45, 2.75) is 20.8 Å². The van der Waals surface area contributed by atoms with Crippen molar-refractivity contribution in [2.24, 2.45) is 16.5 Å². The maximum atomic E-state index is 5.56. The molecule has 3 nitrogen and oxygen atoms in total. The molecular weight excluding hydrogens is 138 g/mol. The molecule has 0 fully saturated rings. The van der Waals surface area contributed by atoms with Gasteiger partial charge in [-0.1, -0.05) is 6.58 Å². The minimum absolute atomic E-state index is 0.368. The lowest BCUT2D eigenvalue weighted by Gasteiger charge is -2.01. The Hall–Kier alpha value is -1.25. The van der Waals surface area contributed by atoms with Crippen LogP contribution in [0.15, 0.2) is 28.7 Å². The zero-order chi connectivity index (χ0) is 9.02. The predicted octanol–water partition coefficient (Wildman–Crippen LogP) is 1.13. The molecule has 0 aromatic heterocycles. The highest BCUT2D eigenvalue weighted by Gasteiger charge is 1.96. The largest absolute Gasteiger partial charge is 0.397 e. The van der Waals surface area contributed by atoms with Gasteiger partial charge in [0.25, 0.3) is 0 Å². The van der Waals surface area contributed by atoms with Crippen molar-refractivity contribution in [1.29, 1.82) is 0 Å². The van der Waals surface area contributed by atoms with Gasteiger partial charge in [-0.2, -0.15) is 0 Å². The standard InChI is InChI=1S/C8H15N3/c1-5(2)11-7(4)8(10)6(3)9/h3,9-10H2,1-2,4H3/b8-7+. The van der Waals surface area contributed by atoms with Gasteiger partial charge in [0, 0.05) is 11.4 Å². The molecule has 0 heterocycles. The van der Waals surface area contributed by atoms with Crippen molar-refractivity contribution in [3.63, 3.8) is 0 Å². The van der Waals surface area contributed by atoms with E-state index >= 15 is 0 Å². The summed E-state index contributed by atoms with van der Waals surface area (Å²) in [7, 11) is 0. The van der Waals surface area contributed by atoms with Gasteiger partial charge in [-0.05, 0) is 20.8 Å². The van der Waals surface area contributed by atoms with E-state index in [1.807, 2.05) is 13.8 Å². The summed E-state index contributed by atoms with van der Waals surface area (Å²) >= 11 is 0. The fourth-order valence-electron chi connectivity index (χ4n) is 0.628. The molecule has 11 heavy (non-hydrogen) atoms. The number of allylic oxidation sites excluding steroid dienone is 1. The van der Waals surface area contributed by atoms with Crippen LogP contribution in [0.3, 0.4) is 0 Å². The van der Waals surface area contributed by atoms with Crippen LogP contribution in [0.5, 0.6) is 0 Å². The molecule has 0 atom stereocenters. The molecule has 0 bridgehead atoms. The fraction of sp³-hybridized carbons (Fsp3) is 0.375. The zero-order valence-corrected chi connectivity index (χ0v) is 7.31. The number of nitrogens with zero attached hydrogens (tertiary/aromatic N) is 1. The third-order valence-corrected chi connectivity index (χ3v) is 1.13. The molecule has 0 aliphatic carbocycles. The third kappa shape index (κ3) is 3.45. The summed E-state index contributed by atoms with van der Waals surface area (Å²) in [4.78, 5) is 4.13. The Labute approximate surface area is 67.5 Å². The lowest BCUT2D eigenvalue weighted by atomic mass is 10.3. The highest BCUT2D eigenvalue weighted by Crippen LogP contribution is 2.04. The van der Waals surface area contributed by atoms with Gasteiger partial charge in [0.1, 0.15) is 0 Å². The van der Waals surface area contributed by atoms with Crippen molar-refractivity contribution >= 4 is 5.71 Å². The van der Waals surface area contributed by atoms with E-state index in [-0.39, 0.29) is 0 Å². The molecule has 0 spiro atoms. The summed E-state index contributed by atoms with van der Waals surface area (Å²) in [6.07, 6.45) is 0. The molecule has 0 rings (SSSR count). The Balaban J connectivity index is 4.68. The number of hydrogen-bond acceptors (Lipinski definition) is 3. The van der Waals surface area contributed by atoms with E-state index < -0.39 is 0 Å². The molecule has 62 valence electrons. The molecule has 0 aromatic carbocycles. The van der Waals surface area contributed by atoms with Crippen molar-refractivity contribution < 1.29 is 0 Å². The summed E-state index contributed by atoms with van der Waals surface area (Å²) < 4.78 is 0. The first-order chi connectivity index (χ1) is 4.95. The van der Waals surface area contributed by atoms with E-state index in [1.165, 1.54) is 0 Å². The quantitative estimate of drug-likeness (QED) is 0.461. The van der Waals surface area contributed by atoms with Crippen LogP contribution in [0.25, 0.3) is 0 Å². The van der Waals surface area contributed by atoms with Crippen molar-refractivity contribution in [1.82, 2.24) is 0 Å². The second-order valence-electron chi connectivity index (χ2n) is 2.58. The predicted molar refractivity (Wildman–Crippen MR) is 49.0 cm³/mol. The second-order valence-corrected chi connectivity index (χ2v) is 2.58. The van der Waals surface area contributed by atoms with E-state index in [4.69, 9.17) is 11.5 Å². The average Bonchev–Trinajstić information content (AvgIpc) is 1.84. The van der Waals surface area contributed by atoms with Crippen LogP contribution in [0.2, 0.25) is 0 Å². The minimum Gasteiger partial charge on any atom is -0.397 e. The molecule has 3 heteroatoms. The first kappa shape index (κ1) is 9.75. The Morgan fingerprint density at radius 2 is 1.64 bits per heavy atom. The number of aliphatic imine (C=N–C) groups is 1. The van der Waals surface area contributed by atoms with Gasteiger partial charge in [0.15, 0.2) is 0 Å². The normalized spacial score (nSPS) is 11.9. The number of hydrogen-bond donors (Lipinski definition) is 2. The maximum absolute atomic E-state index is 5.56. The number of nitrogens with two attached hydrogens (primary N) is 2. The lowest BCUT2D eigenvalue weighted by Crippen LogP contribution is -2.09. The summed E-state index contributed by atoms with van der Waals surface area (Å²) in [5.74, 6) is 0. The molecule has 0 saturated carbocycles. The van der Waals surface area contributed by atoms with Crippen LogP contribution in [0.1, 0.15) is 20.8 Å². The van der Waals surface area contributed by atoms with Crippen molar-refractivity contribution in [3.05, 3.63) is 23.7 Å². The Morgan fingerprint density at radius 1 is 1.18 bits per heavy atom. The molecule has 0 aliphatic heterocycles. The second kappa shape index (κ2) is 3.81. The SMILES string of the molecule is C=C(N)/C(N)=C(/C)N=C(C)C. The summed E-state index contributed by atoms with van der Waals surface area (Å²) in [5, 5.41) is 0. The summed E-state index contributed by atoms with van der Waals surface area (Å²) in [6.45, 7) is 9.11. The molecule has 4 N–H and O–H groups in total. The van der Waals surface area contributed by atoms with Gasteiger partial charge >= 0.3 is 0 Å². The van der Waals surface area contributed by atoms with Crippen molar-refractivity contribution in [2.75, 3.05) is 0 Å². The van der Waals surface area contributed by atoms with Crippen LogP contribution in [0.4, 0.5) is 0 Å². The number of rotatable bonds is 2. The topological polar surface area (TPSA) is 64.4 Å². The van der Waals surface area contributed by atoms with Gasteiger partial charge in [0.2, 0.25) is 0 Å². The summed E-state index contributed by atoms with van der Waals surface area (Å²) in [6, 6.07) is 0. The van der Waals surface area contributed by atoms with Crippen LogP contribution in [-0.4, -0.2) is 5.71 Å².